The third kappa shape index (κ3) is 4.48. The van der Waals surface area contributed by atoms with E-state index < -0.39 is 22.6 Å². The molecule has 0 spiro atoms. The number of nitro benzene ring substituents is 1. The first kappa shape index (κ1) is 19.6. The van der Waals surface area contributed by atoms with Gasteiger partial charge < -0.3 is 15.1 Å². The van der Waals surface area contributed by atoms with Gasteiger partial charge >= 0.3 is 11.8 Å². The molecule has 1 saturated heterocycles. The minimum Gasteiger partial charge on any atom is -0.346 e. The van der Waals surface area contributed by atoms with Crippen LogP contribution in [0.1, 0.15) is 24.2 Å². The number of amides is 3. The van der Waals surface area contributed by atoms with Gasteiger partial charge in [0.1, 0.15) is 5.56 Å². The standard InChI is InChI=1S/C16H19ClN4O5/c1-10(2)18-14(22)16(24)20-7-5-19(6-8-20)15(23)12-4-3-11(17)9-13(12)21(25)26/h3-4,9-10H,5-8H2,1-2H3,(H,18,22). The van der Waals surface area contributed by atoms with Crippen LogP contribution in [-0.4, -0.2) is 64.7 Å². The Labute approximate surface area is 155 Å². The van der Waals surface area contributed by atoms with Crippen LogP contribution in [0.15, 0.2) is 18.2 Å². The highest BCUT2D eigenvalue weighted by Gasteiger charge is 2.31. The van der Waals surface area contributed by atoms with Gasteiger partial charge in [0.05, 0.1) is 4.92 Å². The Morgan fingerprint density at radius 3 is 2.27 bits per heavy atom. The molecule has 3 amide bonds. The molecule has 2 rings (SSSR count). The van der Waals surface area contributed by atoms with Gasteiger partial charge in [-0.1, -0.05) is 11.6 Å². The number of carbonyl (C=O) groups excluding carboxylic acids is 3. The summed E-state index contributed by atoms with van der Waals surface area (Å²) in [6.45, 7) is 4.22. The van der Waals surface area contributed by atoms with Crippen molar-refractivity contribution in [2.75, 3.05) is 26.2 Å². The Kier molecular flexibility index (Phi) is 6.14. The zero-order valence-corrected chi connectivity index (χ0v) is 15.2. The lowest BCUT2D eigenvalue weighted by Gasteiger charge is -2.34. The first-order chi connectivity index (χ1) is 12.2. The SMILES string of the molecule is CC(C)NC(=O)C(=O)N1CCN(C(=O)c2ccc(Cl)cc2[N+](=O)[O-])CC1. The average molecular weight is 383 g/mol. The Hall–Kier alpha value is -2.68. The van der Waals surface area contributed by atoms with Gasteiger partial charge in [0.2, 0.25) is 0 Å². The van der Waals surface area contributed by atoms with E-state index in [1.54, 1.807) is 13.8 Å². The van der Waals surface area contributed by atoms with Crippen molar-refractivity contribution in [1.82, 2.24) is 15.1 Å². The van der Waals surface area contributed by atoms with Crippen molar-refractivity contribution in [3.63, 3.8) is 0 Å². The molecule has 1 heterocycles. The van der Waals surface area contributed by atoms with E-state index in [0.717, 1.165) is 6.07 Å². The molecule has 0 saturated carbocycles. The summed E-state index contributed by atoms with van der Waals surface area (Å²) in [7, 11) is 0. The van der Waals surface area contributed by atoms with Crippen LogP contribution in [0.3, 0.4) is 0 Å². The summed E-state index contributed by atoms with van der Waals surface area (Å²) < 4.78 is 0. The molecule has 1 aromatic rings. The molecule has 1 N–H and O–H groups in total. The molecule has 0 radical (unpaired) electrons. The lowest BCUT2D eigenvalue weighted by atomic mass is 10.1. The van der Waals surface area contributed by atoms with E-state index in [9.17, 15) is 24.5 Å². The van der Waals surface area contributed by atoms with Gasteiger partial charge in [-0.3, -0.25) is 24.5 Å². The lowest BCUT2D eigenvalue weighted by molar-refractivity contribution is -0.385. The van der Waals surface area contributed by atoms with E-state index in [-0.39, 0.29) is 48.5 Å². The van der Waals surface area contributed by atoms with Crippen molar-refractivity contribution in [1.29, 1.82) is 0 Å². The van der Waals surface area contributed by atoms with E-state index in [4.69, 9.17) is 11.6 Å². The Morgan fingerprint density at radius 1 is 1.15 bits per heavy atom. The number of halogens is 1. The second-order valence-electron chi connectivity index (χ2n) is 6.13. The second kappa shape index (κ2) is 8.13. The largest absolute Gasteiger partial charge is 0.346 e. The summed E-state index contributed by atoms with van der Waals surface area (Å²) in [5.41, 5.74) is -0.422. The number of nitro groups is 1. The van der Waals surface area contributed by atoms with Crippen LogP contribution in [0.25, 0.3) is 0 Å². The Morgan fingerprint density at radius 2 is 1.73 bits per heavy atom. The van der Waals surface area contributed by atoms with Crippen LogP contribution >= 0.6 is 11.6 Å². The number of hydrogen-bond acceptors (Lipinski definition) is 5. The van der Waals surface area contributed by atoms with E-state index >= 15 is 0 Å². The maximum Gasteiger partial charge on any atom is 0.312 e. The highest BCUT2D eigenvalue weighted by molar-refractivity contribution is 6.35. The Balaban J connectivity index is 2.04. The number of piperazine rings is 1. The van der Waals surface area contributed by atoms with Gasteiger partial charge in [-0.05, 0) is 26.0 Å². The van der Waals surface area contributed by atoms with Crippen LogP contribution in [0, 0.1) is 10.1 Å². The van der Waals surface area contributed by atoms with Gasteiger partial charge in [-0.2, -0.15) is 0 Å². The molecule has 9 nitrogen and oxygen atoms in total. The third-order valence-corrected chi connectivity index (χ3v) is 4.09. The smallest absolute Gasteiger partial charge is 0.312 e. The van der Waals surface area contributed by atoms with E-state index in [2.05, 4.69) is 5.32 Å². The molecule has 26 heavy (non-hydrogen) atoms. The molecular formula is C16H19ClN4O5. The summed E-state index contributed by atoms with van der Waals surface area (Å²) in [4.78, 5) is 49.7. The number of carbonyl (C=O) groups is 3. The highest BCUT2D eigenvalue weighted by atomic mass is 35.5. The molecule has 0 unspecified atom stereocenters. The fourth-order valence-corrected chi connectivity index (χ4v) is 2.75. The minimum absolute atomic E-state index is 0.0586. The number of hydrogen-bond donors (Lipinski definition) is 1. The quantitative estimate of drug-likeness (QED) is 0.477. The summed E-state index contributed by atoms with van der Waals surface area (Å²) in [5, 5.41) is 13.8. The van der Waals surface area contributed by atoms with Crippen LogP contribution in [0.5, 0.6) is 0 Å². The molecule has 0 atom stereocenters. The number of benzene rings is 1. The van der Waals surface area contributed by atoms with Gasteiger partial charge in [-0.25, -0.2) is 0 Å². The lowest BCUT2D eigenvalue weighted by Crippen LogP contribution is -2.54. The minimum atomic E-state index is -0.687. The fourth-order valence-electron chi connectivity index (χ4n) is 2.59. The van der Waals surface area contributed by atoms with Crippen molar-refractivity contribution < 1.29 is 19.3 Å². The monoisotopic (exact) mass is 382 g/mol. The predicted octanol–water partition coefficient (Wildman–Crippen LogP) is 1.06. The summed E-state index contributed by atoms with van der Waals surface area (Å²) in [6.07, 6.45) is 0. The van der Waals surface area contributed by atoms with E-state index in [0.29, 0.717) is 0 Å². The zero-order valence-electron chi connectivity index (χ0n) is 14.4. The molecule has 0 aromatic heterocycles. The van der Waals surface area contributed by atoms with Crippen molar-refractivity contribution >= 4 is 35.0 Å². The summed E-state index contributed by atoms with van der Waals surface area (Å²) in [6, 6.07) is 3.71. The first-order valence-electron chi connectivity index (χ1n) is 8.03. The van der Waals surface area contributed by atoms with Crippen molar-refractivity contribution in [3.8, 4) is 0 Å². The molecule has 1 fully saturated rings. The molecule has 0 aliphatic carbocycles. The van der Waals surface area contributed by atoms with Crippen molar-refractivity contribution in [3.05, 3.63) is 38.9 Å². The van der Waals surface area contributed by atoms with Crippen molar-refractivity contribution in [2.24, 2.45) is 0 Å². The first-order valence-corrected chi connectivity index (χ1v) is 8.41. The molecular weight excluding hydrogens is 364 g/mol. The van der Waals surface area contributed by atoms with E-state index in [1.165, 1.54) is 21.9 Å². The molecule has 10 heteroatoms. The molecule has 1 aliphatic heterocycles. The maximum atomic E-state index is 12.6. The second-order valence-corrected chi connectivity index (χ2v) is 6.57. The average Bonchev–Trinajstić information content (AvgIpc) is 2.60. The molecule has 1 aliphatic rings. The van der Waals surface area contributed by atoms with Gasteiger partial charge in [0, 0.05) is 43.3 Å². The van der Waals surface area contributed by atoms with Crippen LogP contribution in [0.4, 0.5) is 5.69 Å². The van der Waals surface area contributed by atoms with Crippen LogP contribution in [-0.2, 0) is 9.59 Å². The van der Waals surface area contributed by atoms with Crippen molar-refractivity contribution in [2.45, 2.75) is 19.9 Å². The summed E-state index contributed by atoms with van der Waals surface area (Å²) in [5.74, 6) is -1.84. The fraction of sp³-hybridized carbons (Fsp3) is 0.438. The van der Waals surface area contributed by atoms with Gasteiger partial charge in [0.15, 0.2) is 0 Å². The number of nitrogens with one attached hydrogen (secondary N) is 1. The molecule has 140 valence electrons. The number of rotatable bonds is 3. The van der Waals surface area contributed by atoms with Gasteiger partial charge in [0.25, 0.3) is 11.6 Å². The number of nitrogens with zero attached hydrogens (tertiary/aromatic N) is 3. The third-order valence-electron chi connectivity index (χ3n) is 3.85. The zero-order chi connectivity index (χ0) is 19.4. The predicted molar refractivity (Wildman–Crippen MR) is 93.9 cm³/mol. The van der Waals surface area contributed by atoms with E-state index in [1.807, 2.05) is 0 Å². The maximum absolute atomic E-state index is 12.6. The normalized spacial score (nSPS) is 14.3. The van der Waals surface area contributed by atoms with Crippen LogP contribution < -0.4 is 5.32 Å². The van der Waals surface area contributed by atoms with Gasteiger partial charge in [-0.15, -0.1) is 0 Å². The topological polar surface area (TPSA) is 113 Å². The highest BCUT2D eigenvalue weighted by Crippen LogP contribution is 2.25. The summed E-state index contributed by atoms with van der Waals surface area (Å²) >= 11 is 5.76. The molecule has 1 aromatic carbocycles. The Bertz CT molecular complexity index is 744. The molecule has 0 bridgehead atoms. The van der Waals surface area contributed by atoms with Crippen LogP contribution in [0.2, 0.25) is 5.02 Å².